The van der Waals surface area contributed by atoms with E-state index in [4.69, 9.17) is 16.3 Å². The molecule has 0 aliphatic carbocycles. The number of rotatable bonds is 7. The second-order valence-corrected chi connectivity index (χ2v) is 6.07. The molecule has 0 unspecified atom stereocenters. The summed E-state index contributed by atoms with van der Waals surface area (Å²) in [4.78, 5) is 0.0853. The van der Waals surface area contributed by atoms with Gasteiger partial charge >= 0.3 is 0 Å². The Morgan fingerprint density at radius 3 is 2.65 bits per heavy atom. The van der Waals surface area contributed by atoms with Gasteiger partial charge < -0.3 is 4.74 Å². The molecule has 0 aliphatic heterocycles. The van der Waals surface area contributed by atoms with E-state index < -0.39 is 10.0 Å². The molecule has 0 amide bonds. The highest BCUT2D eigenvalue weighted by Crippen LogP contribution is 2.19. The lowest BCUT2D eigenvalue weighted by molar-refractivity contribution is 0.156. The number of ether oxygens (including phenoxy) is 1. The van der Waals surface area contributed by atoms with Gasteiger partial charge in [-0.15, -0.1) is 0 Å². The Labute approximate surface area is 114 Å². The summed E-state index contributed by atoms with van der Waals surface area (Å²) in [5.74, 6) is 0. The first-order valence-corrected chi connectivity index (χ1v) is 7.94. The number of nitrogens with one attached hydrogen (secondary N) is 1. The summed E-state index contributed by atoms with van der Waals surface area (Å²) in [5.41, 5.74) is 0. The first kappa shape index (κ1) is 14.9. The maximum Gasteiger partial charge on any atom is 0.242 e. The SMILES string of the molecule is O=S(=O)(NCCOCCBr)c1ccccc1Cl. The predicted octanol–water partition coefficient (Wildman–Crippen LogP) is 2.03. The highest BCUT2D eigenvalue weighted by molar-refractivity contribution is 9.09. The second kappa shape index (κ2) is 7.33. The normalized spacial score (nSPS) is 11.6. The summed E-state index contributed by atoms with van der Waals surface area (Å²) in [6.45, 7) is 1.10. The van der Waals surface area contributed by atoms with Crippen LogP contribution in [0.2, 0.25) is 5.02 Å². The van der Waals surface area contributed by atoms with E-state index in [0.29, 0.717) is 13.2 Å². The smallest absolute Gasteiger partial charge is 0.242 e. The molecule has 4 nitrogen and oxygen atoms in total. The zero-order chi connectivity index (χ0) is 12.7. The van der Waals surface area contributed by atoms with E-state index >= 15 is 0 Å². The van der Waals surface area contributed by atoms with Crippen LogP contribution in [0, 0.1) is 0 Å². The quantitative estimate of drug-likeness (QED) is 0.609. The number of alkyl halides is 1. The van der Waals surface area contributed by atoms with Gasteiger partial charge in [0.25, 0.3) is 0 Å². The van der Waals surface area contributed by atoms with E-state index in [1.807, 2.05) is 0 Å². The number of hydrogen-bond acceptors (Lipinski definition) is 3. The van der Waals surface area contributed by atoms with Gasteiger partial charge in [0.1, 0.15) is 4.90 Å². The van der Waals surface area contributed by atoms with Crippen LogP contribution in [0.5, 0.6) is 0 Å². The highest BCUT2D eigenvalue weighted by atomic mass is 79.9. The Morgan fingerprint density at radius 1 is 1.29 bits per heavy atom. The summed E-state index contributed by atoms with van der Waals surface area (Å²) in [7, 11) is -3.55. The standard InChI is InChI=1S/C10H13BrClNO3S/c11-5-7-16-8-6-13-17(14,15)10-4-2-1-3-9(10)12/h1-4,13H,5-8H2. The average molecular weight is 343 g/mol. The highest BCUT2D eigenvalue weighted by Gasteiger charge is 2.16. The van der Waals surface area contributed by atoms with Crippen molar-refractivity contribution in [1.29, 1.82) is 0 Å². The van der Waals surface area contributed by atoms with E-state index in [0.717, 1.165) is 5.33 Å². The van der Waals surface area contributed by atoms with Crippen LogP contribution >= 0.6 is 27.5 Å². The Morgan fingerprint density at radius 2 is 2.00 bits per heavy atom. The van der Waals surface area contributed by atoms with Crippen LogP contribution in [0.1, 0.15) is 0 Å². The van der Waals surface area contributed by atoms with Crippen LogP contribution in [0.4, 0.5) is 0 Å². The molecule has 7 heteroatoms. The van der Waals surface area contributed by atoms with E-state index in [1.54, 1.807) is 12.1 Å². The summed E-state index contributed by atoms with van der Waals surface area (Å²) in [5, 5.41) is 0.936. The van der Waals surface area contributed by atoms with Gasteiger partial charge in [-0.2, -0.15) is 0 Å². The first-order chi connectivity index (χ1) is 8.08. The summed E-state index contributed by atoms with van der Waals surface area (Å²) in [6, 6.07) is 6.31. The van der Waals surface area contributed by atoms with Crippen LogP contribution in [0.15, 0.2) is 29.2 Å². The van der Waals surface area contributed by atoms with Gasteiger partial charge in [-0.05, 0) is 12.1 Å². The Kier molecular flexibility index (Phi) is 6.43. The van der Waals surface area contributed by atoms with E-state index in [1.165, 1.54) is 12.1 Å². The monoisotopic (exact) mass is 341 g/mol. The maximum absolute atomic E-state index is 11.8. The topological polar surface area (TPSA) is 55.4 Å². The lowest BCUT2D eigenvalue weighted by atomic mass is 10.4. The van der Waals surface area contributed by atoms with Crippen LogP contribution < -0.4 is 4.72 Å². The maximum atomic E-state index is 11.8. The van der Waals surface area contributed by atoms with Crippen molar-refractivity contribution in [2.45, 2.75) is 4.90 Å². The summed E-state index contributed by atoms with van der Waals surface area (Å²) < 4.78 is 31.2. The Hall–Kier alpha value is -0.140. The van der Waals surface area contributed by atoms with Crippen molar-refractivity contribution in [3.8, 4) is 0 Å². The molecule has 1 aromatic rings. The van der Waals surface area contributed by atoms with Crippen molar-refractivity contribution in [2.75, 3.05) is 25.1 Å². The predicted molar refractivity (Wildman–Crippen MR) is 71.3 cm³/mol. The van der Waals surface area contributed by atoms with Crippen LogP contribution in [0.3, 0.4) is 0 Å². The molecular weight excluding hydrogens is 330 g/mol. The molecule has 0 aromatic heterocycles. The molecule has 17 heavy (non-hydrogen) atoms. The molecule has 0 fully saturated rings. The van der Waals surface area contributed by atoms with Crippen molar-refractivity contribution >= 4 is 37.6 Å². The third-order valence-corrected chi connectivity index (χ3v) is 4.17. The van der Waals surface area contributed by atoms with Crippen molar-refractivity contribution in [2.24, 2.45) is 0 Å². The number of benzene rings is 1. The minimum absolute atomic E-state index is 0.0853. The lowest BCUT2D eigenvalue weighted by Gasteiger charge is -2.08. The van der Waals surface area contributed by atoms with Gasteiger partial charge in [0, 0.05) is 11.9 Å². The minimum Gasteiger partial charge on any atom is -0.379 e. The fourth-order valence-electron chi connectivity index (χ4n) is 1.15. The van der Waals surface area contributed by atoms with Crippen molar-refractivity contribution in [3.05, 3.63) is 29.3 Å². The largest absolute Gasteiger partial charge is 0.379 e. The number of halogens is 2. The van der Waals surface area contributed by atoms with Crippen molar-refractivity contribution in [1.82, 2.24) is 4.72 Å². The van der Waals surface area contributed by atoms with Gasteiger partial charge in [-0.3, -0.25) is 0 Å². The summed E-state index contributed by atoms with van der Waals surface area (Å²) in [6.07, 6.45) is 0. The van der Waals surface area contributed by atoms with Gasteiger partial charge in [-0.25, -0.2) is 13.1 Å². The molecule has 0 saturated heterocycles. The fourth-order valence-corrected chi connectivity index (χ4v) is 2.90. The lowest BCUT2D eigenvalue weighted by Crippen LogP contribution is -2.27. The number of sulfonamides is 1. The minimum atomic E-state index is -3.55. The molecule has 0 bridgehead atoms. The van der Waals surface area contributed by atoms with E-state index in [-0.39, 0.29) is 16.5 Å². The fraction of sp³-hybridized carbons (Fsp3) is 0.400. The second-order valence-electron chi connectivity index (χ2n) is 3.13. The Bertz CT molecular complexity index is 453. The molecule has 0 aliphatic rings. The summed E-state index contributed by atoms with van der Waals surface area (Å²) >= 11 is 9.02. The molecule has 0 saturated carbocycles. The third-order valence-electron chi connectivity index (χ3n) is 1.89. The van der Waals surface area contributed by atoms with Crippen molar-refractivity contribution in [3.63, 3.8) is 0 Å². The zero-order valence-corrected chi connectivity index (χ0v) is 12.2. The Balaban J connectivity index is 2.55. The molecule has 0 atom stereocenters. The average Bonchev–Trinajstić information content (AvgIpc) is 2.29. The first-order valence-electron chi connectivity index (χ1n) is 4.96. The number of hydrogen-bond donors (Lipinski definition) is 1. The molecule has 1 aromatic carbocycles. The van der Waals surface area contributed by atoms with E-state index in [2.05, 4.69) is 20.7 Å². The van der Waals surface area contributed by atoms with Crippen LogP contribution in [-0.4, -0.2) is 33.5 Å². The molecule has 1 rings (SSSR count). The van der Waals surface area contributed by atoms with Gasteiger partial charge in [0.15, 0.2) is 0 Å². The molecule has 96 valence electrons. The molecular formula is C10H13BrClNO3S. The zero-order valence-electron chi connectivity index (χ0n) is 9.03. The molecule has 0 heterocycles. The third kappa shape index (κ3) is 4.93. The van der Waals surface area contributed by atoms with Gasteiger partial charge in [0.05, 0.1) is 18.2 Å². The van der Waals surface area contributed by atoms with E-state index in [9.17, 15) is 8.42 Å². The van der Waals surface area contributed by atoms with Crippen molar-refractivity contribution < 1.29 is 13.2 Å². The van der Waals surface area contributed by atoms with Crippen LogP contribution in [-0.2, 0) is 14.8 Å². The van der Waals surface area contributed by atoms with Gasteiger partial charge in [-0.1, -0.05) is 39.7 Å². The molecule has 0 radical (unpaired) electrons. The molecule has 1 N–H and O–H groups in total. The molecule has 0 spiro atoms. The van der Waals surface area contributed by atoms with Gasteiger partial charge in [0.2, 0.25) is 10.0 Å². The van der Waals surface area contributed by atoms with Crippen LogP contribution in [0.25, 0.3) is 0 Å².